The van der Waals surface area contributed by atoms with Crippen LogP contribution in [-0.4, -0.2) is 0 Å². The Kier molecular flexibility index (Phi) is 5.45. The average Bonchev–Trinajstić information content (AvgIpc) is 2.29. The Morgan fingerprint density at radius 1 is 1.53 bits per heavy atom. The molecule has 0 aromatic carbocycles. The number of hydrogen-bond acceptors (Lipinski definition) is 0. The molecule has 0 bridgehead atoms. The van der Waals surface area contributed by atoms with Crippen molar-refractivity contribution >= 4 is 0 Å². The van der Waals surface area contributed by atoms with Crippen molar-refractivity contribution in [1.82, 2.24) is 0 Å². The van der Waals surface area contributed by atoms with Gasteiger partial charge >= 0.3 is 0 Å². The van der Waals surface area contributed by atoms with Crippen LogP contribution in [0.5, 0.6) is 0 Å². The Bertz CT molecular complexity index is 245. The third kappa shape index (κ3) is 4.07. The zero-order valence-corrected chi connectivity index (χ0v) is 10.2. The van der Waals surface area contributed by atoms with Gasteiger partial charge in [0.1, 0.15) is 0 Å². The van der Waals surface area contributed by atoms with Crippen molar-refractivity contribution in [3.63, 3.8) is 0 Å². The van der Waals surface area contributed by atoms with Crippen LogP contribution in [0.1, 0.15) is 46.0 Å². The standard InChI is InChI=1S/C15H24/c1-4-7-14(6-3)12-15-10-8-13(5-2)9-11-15/h5,8-10,14-15H,2,4,6-7,11-12H2,1,3H3. The average molecular weight is 204 g/mol. The first-order valence-electron chi connectivity index (χ1n) is 6.30. The van der Waals surface area contributed by atoms with Crippen LogP contribution in [0.3, 0.4) is 0 Å². The molecule has 0 spiro atoms. The monoisotopic (exact) mass is 204 g/mol. The second-order valence-corrected chi connectivity index (χ2v) is 4.56. The molecule has 0 heterocycles. The molecule has 1 aliphatic rings. The van der Waals surface area contributed by atoms with E-state index in [1.807, 2.05) is 6.08 Å². The third-order valence-electron chi connectivity index (χ3n) is 3.36. The van der Waals surface area contributed by atoms with Gasteiger partial charge in [0.05, 0.1) is 0 Å². The minimum absolute atomic E-state index is 0.769. The van der Waals surface area contributed by atoms with Crippen LogP contribution in [-0.2, 0) is 0 Å². The molecule has 0 aliphatic heterocycles. The van der Waals surface area contributed by atoms with Gasteiger partial charge in [0.15, 0.2) is 0 Å². The molecule has 2 unspecified atom stereocenters. The Morgan fingerprint density at radius 3 is 2.80 bits per heavy atom. The Morgan fingerprint density at radius 2 is 2.33 bits per heavy atom. The molecule has 0 amide bonds. The number of hydrogen-bond donors (Lipinski definition) is 0. The summed E-state index contributed by atoms with van der Waals surface area (Å²) in [5.41, 5.74) is 1.29. The maximum atomic E-state index is 3.80. The summed E-state index contributed by atoms with van der Waals surface area (Å²) in [7, 11) is 0. The fraction of sp³-hybridized carbons (Fsp3) is 0.600. The maximum absolute atomic E-state index is 3.80. The summed E-state index contributed by atoms with van der Waals surface area (Å²) in [5.74, 6) is 1.69. The van der Waals surface area contributed by atoms with Crippen LogP contribution in [0.4, 0.5) is 0 Å². The van der Waals surface area contributed by atoms with Crippen molar-refractivity contribution < 1.29 is 0 Å². The SMILES string of the molecule is C=CC1=CCC(CC(CC)CCC)C=C1. The molecule has 0 radical (unpaired) electrons. The van der Waals surface area contributed by atoms with Gasteiger partial charge in [0.2, 0.25) is 0 Å². The number of allylic oxidation sites excluding steroid dienone is 5. The molecule has 0 nitrogen and oxygen atoms in total. The molecule has 0 heteroatoms. The third-order valence-corrected chi connectivity index (χ3v) is 3.36. The van der Waals surface area contributed by atoms with Gasteiger partial charge in [-0.25, -0.2) is 0 Å². The second-order valence-electron chi connectivity index (χ2n) is 4.56. The van der Waals surface area contributed by atoms with E-state index in [0.717, 1.165) is 11.8 Å². The molecular weight excluding hydrogens is 180 g/mol. The van der Waals surface area contributed by atoms with Crippen molar-refractivity contribution in [2.24, 2.45) is 11.8 Å². The summed E-state index contributed by atoms with van der Waals surface area (Å²) in [6, 6.07) is 0. The highest BCUT2D eigenvalue weighted by atomic mass is 14.2. The molecule has 0 aromatic rings. The van der Waals surface area contributed by atoms with E-state index >= 15 is 0 Å². The molecule has 1 rings (SSSR count). The second kappa shape index (κ2) is 6.66. The Hall–Kier alpha value is -0.780. The fourth-order valence-electron chi connectivity index (χ4n) is 2.33. The van der Waals surface area contributed by atoms with E-state index in [9.17, 15) is 0 Å². The lowest BCUT2D eigenvalue weighted by molar-refractivity contribution is 0.378. The molecule has 0 fully saturated rings. The lowest BCUT2D eigenvalue weighted by Gasteiger charge is -2.21. The van der Waals surface area contributed by atoms with Crippen LogP contribution >= 0.6 is 0 Å². The van der Waals surface area contributed by atoms with Crippen LogP contribution < -0.4 is 0 Å². The highest BCUT2D eigenvalue weighted by Gasteiger charge is 2.13. The van der Waals surface area contributed by atoms with Gasteiger partial charge in [-0.15, -0.1) is 0 Å². The van der Waals surface area contributed by atoms with Crippen LogP contribution in [0.2, 0.25) is 0 Å². The quantitative estimate of drug-likeness (QED) is 0.578. The van der Waals surface area contributed by atoms with Crippen LogP contribution in [0, 0.1) is 11.8 Å². The zero-order valence-electron chi connectivity index (χ0n) is 10.2. The first kappa shape index (κ1) is 12.3. The van der Waals surface area contributed by atoms with Crippen LogP contribution in [0.25, 0.3) is 0 Å². The largest absolute Gasteiger partial charge is 0.0985 e. The van der Waals surface area contributed by atoms with Gasteiger partial charge in [0.25, 0.3) is 0 Å². The maximum Gasteiger partial charge on any atom is -0.0193 e. The summed E-state index contributed by atoms with van der Waals surface area (Å²) in [5, 5.41) is 0. The van der Waals surface area contributed by atoms with E-state index in [1.165, 1.54) is 37.7 Å². The van der Waals surface area contributed by atoms with E-state index in [2.05, 4.69) is 38.7 Å². The summed E-state index contributed by atoms with van der Waals surface area (Å²) in [6.45, 7) is 8.40. The van der Waals surface area contributed by atoms with Crippen molar-refractivity contribution in [3.05, 3.63) is 36.5 Å². The molecule has 84 valence electrons. The smallest absolute Gasteiger partial charge is 0.0193 e. The lowest BCUT2D eigenvalue weighted by Crippen LogP contribution is -2.07. The molecule has 0 aromatic heterocycles. The van der Waals surface area contributed by atoms with E-state index in [-0.39, 0.29) is 0 Å². The lowest BCUT2D eigenvalue weighted by atomic mass is 9.85. The van der Waals surface area contributed by atoms with E-state index < -0.39 is 0 Å². The zero-order chi connectivity index (χ0) is 11.1. The summed E-state index contributed by atoms with van der Waals surface area (Å²) >= 11 is 0. The van der Waals surface area contributed by atoms with Crippen LogP contribution in [0.15, 0.2) is 36.5 Å². The van der Waals surface area contributed by atoms with E-state index in [4.69, 9.17) is 0 Å². The molecular formula is C15H24. The van der Waals surface area contributed by atoms with Crippen molar-refractivity contribution in [2.45, 2.75) is 46.0 Å². The summed E-state index contributed by atoms with van der Waals surface area (Å²) < 4.78 is 0. The van der Waals surface area contributed by atoms with E-state index in [1.54, 1.807) is 0 Å². The first-order valence-corrected chi connectivity index (χ1v) is 6.30. The molecule has 1 aliphatic carbocycles. The predicted molar refractivity (Wildman–Crippen MR) is 68.8 cm³/mol. The van der Waals surface area contributed by atoms with Gasteiger partial charge < -0.3 is 0 Å². The fourth-order valence-corrected chi connectivity index (χ4v) is 2.33. The number of rotatable bonds is 6. The molecule has 15 heavy (non-hydrogen) atoms. The summed E-state index contributed by atoms with van der Waals surface area (Å²) in [6.07, 6.45) is 15.5. The normalized spacial score (nSPS) is 22.3. The first-order chi connectivity index (χ1) is 7.30. The van der Waals surface area contributed by atoms with Gasteiger partial charge in [-0.3, -0.25) is 0 Å². The van der Waals surface area contributed by atoms with Crippen molar-refractivity contribution in [1.29, 1.82) is 0 Å². The molecule has 0 saturated heterocycles. The van der Waals surface area contributed by atoms with Crippen molar-refractivity contribution in [3.8, 4) is 0 Å². The molecule has 0 saturated carbocycles. The minimum atomic E-state index is 0.769. The Balaban J connectivity index is 2.38. The van der Waals surface area contributed by atoms with Gasteiger partial charge in [0, 0.05) is 0 Å². The van der Waals surface area contributed by atoms with E-state index in [0.29, 0.717) is 0 Å². The minimum Gasteiger partial charge on any atom is -0.0985 e. The molecule has 0 N–H and O–H groups in total. The van der Waals surface area contributed by atoms with Gasteiger partial charge in [-0.2, -0.15) is 0 Å². The highest BCUT2D eigenvalue weighted by molar-refractivity contribution is 5.32. The highest BCUT2D eigenvalue weighted by Crippen LogP contribution is 2.27. The van der Waals surface area contributed by atoms with Gasteiger partial charge in [-0.1, -0.05) is 64.0 Å². The summed E-state index contributed by atoms with van der Waals surface area (Å²) in [4.78, 5) is 0. The Labute approximate surface area is 94.8 Å². The molecule has 2 atom stereocenters. The predicted octanol–water partition coefficient (Wildman–Crippen LogP) is 4.89. The van der Waals surface area contributed by atoms with Crippen molar-refractivity contribution in [2.75, 3.05) is 0 Å². The van der Waals surface area contributed by atoms with Gasteiger partial charge in [-0.05, 0) is 30.3 Å². The topological polar surface area (TPSA) is 0 Å².